The van der Waals surface area contributed by atoms with Gasteiger partial charge >= 0.3 is 0 Å². The van der Waals surface area contributed by atoms with Crippen LogP contribution in [0, 0.1) is 0 Å². The molecule has 0 aromatic heterocycles. The third-order valence-electron chi connectivity index (χ3n) is 3.98. The van der Waals surface area contributed by atoms with Crippen molar-refractivity contribution < 1.29 is 0 Å². The topological polar surface area (TPSA) is 15.3 Å². The van der Waals surface area contributed by atoms with E-state index in [1.165, 1.54) is 38.9 Å². The number of nitrogens with one attached hydrogen (secondary N) is 1. The largest absolute Gasteiger partial charge is 0.313 e. The van der Waals surface area contributed by atoms with Crippen LogP contribution in [0.1, 0.15) is 31.4 Å². The first-order chi connectivity index (χ1) is 8.83. The van der Waals surface area contributed by atoms with E-state index < -0.39 is 0 Å². The van der Waals surface area contributed by atoms with E-state index in [1.807, 2.05) is 0 Å². The zero-order valence-corrected chi connectivity index (χ0v) is 11.8. The molecule has 2 rings (SSSR count). The molecule has 1 N–H and O–H groups in total. The van der Waals surface area contributed by atoms with Gasteiger partial charge in [-0.15, -0.1) is 0 Å². The van der Waals surface area contributed by atoms with Crippen LogP contribution in [-0.2, 0) is 12.8 Å². The minimum Gasteiger partial charge on any atom is -0.313 e. The molecule has 1 atom stereocenters. The molecule has 1 heterocycles. The normalized spacial score (nSPS) is 18.1. The van der Waals surface area contributed by atoms with Crippen molar-refractivity contribution in [3.63, 3.8) is 0 Å². The monoisotopic (exact) mass is 246 g/mol. The Labute approximate surface area is 111 Å². The second-order valence-electron chi connectivity index (χ2n) is 5.23. The molecule has 0 saturated carbocycles. The second kappa shape index (κ2) is 6.91. The van der Waals surface area contributed by atoms with Crippen LogP contribution in [0.2, 0.25) is 0 Å². The van der Waals surface area contributed by atoms with Gasteiger partial charge in [-0.25, -0.2) is 0 Å². The van der Waals surface area contributed by atoms with Gasteiger partial charge in [0.2, 0.25) is 0 Å². The van der Waals surface area contributed by atoms with Crippen LogP contribution in [0.25, 0.3) is 0 Å². The summed E-state index contributed by atoms with van der Waals surface area (Å²) in [4.78, 5) is 2.62. The minimum absolute atomic E-state index is 0.649. The maximum absolute atomic E-state index is 3.58. The van der Waals surface area contributed by atoms with E-state index >= 15 is 0 Å². The Hall–Kier alpha value is -0.860. The Balaban J connectivity index is 1.91. The standard InChI is InChI=1S/C16H26N2/c1-3-16(17-4-2)13-18-11-9-14-7-5-6-8-15(14)10-12-18/h5-8,16-17H,3-4,9-13H2,1-2H3. The highest BCUT2D eigenvalue weighted by molar-refractivity contribution is 5.28. The van der Waals surface area contributed by atoms with Gasteiger partial charge in [0.25, 0.3) is 0 Å². The fourth-order valence-corrected chi connectivity index (χ4v) is 2.84. The minimum atomic E-state index is 0.649. The van der Waals surface area contributed by atoms with Crippen LogP contribution in [-0.4, -0.2) is 37.1 Å². The molecule has 1 aromatic carbocycles. The fourth-order valence-electron chi connectivity index (χ4n) is 2.84. The van der Waals surface area contributed by atoms with E-state index in [0.29, 0.717) is 6.04 Å². The van der Waals surface area contributed by atoms with Crippen molar-refractivity contribution in [1.29, 1.82) is 0 Å². The lowest BCUT2D eigenvalue weighted by Crippen LogP contribution is -2.41. The fraction of sp³-hybridized carbons (Fsp3) is 0.625. The summed E-state index contributed by atoms with van der Waals surface area (Å²) in [5, 5.41) is 3.58. The van der Waals surface area contributed by atoms with Gasteiger partial charge in [0.05, 0.1) is 0 Å². The van der Waals surface area contributed by atoms with Crippen molar-refractivity contribution in [2.24, 2.45) is 0 Å². The Morgan fingerprint density at radius 1 is 1.11 bits per heavy atom. The third kappa shape index (κ3) is 3.56. The molecule has 0 spiro atoms. The number of rotatable bonds is 5. The molecule has 1 aliphatic heterocycles. The van der Waals surface area contributed by atoms with Gasteiger partial charge < -0.3 is 10.2 Å². The predicted octanol–water partition coefficient (Wildman–Crippen LogP) is 2.48. The average Bonchev–Trinajstić information content (AvgIpc) is 2.61. The summed E-state index contributed by atoms with van der Waals surface area (Å²) in [5.74, 6) is 0. The molecule has 0 bridgehead atoms. The van der Waals surface area contributed by atoms with Crippen molar-refractivity contribution in [2.75, 3.05) is 26.2 Å². The summed E-state index contributed by atoms with van der Waals surface area (Å²) >= 11 is 0. The van der Waals surface area contributed by atoms with Gasteiger partial charge in [0.1, 0.15) is 0 Å². The highest BCUT2D eigenvalue weighted by atomic mass is 15.1. The summed E-state index contributed by atoms with van der Waals surface area (Å²) in [6.07, 6.45) is 3.63. The van der Waals surface area contributed by atoms with Crippen LogP contribution in [0.15, 0.2) is 24.3 Å². The summed E-state index contributed by atoms with van der Waals surface area (Å²) < 4.78 is 0. The van der Waals surface area contributed by atoms with Gasteiger partial charge in [-0.3, -0.25) is 0 Å². The van der Waals surface area contributed by atoms with E-state index in [9.17, 15) is 0 Å². The van der Waals surface area contributed by atoms with Gasteiger partial charge in [0, 0.05) is 25.7 Å². The van der Waals surface area contributed by atoms with Crippen LogP contribution in [0.4, 0.5) is 0 Å². The predicted molar refractivity (Wildman–Crippen MR) is 78.0 cm³/mol. The maximum Gasteiger partial charge on any atom is 0.0192 e. The van der Waals surface area contributed by atoms with Gasteiger partial charge in [-0.05, 0) is 36.9 Å². The zero-order chi connectivity index (χ0) is 12.8. The molecular formula is C16H26N2. The summed E-state index contributed by atoms with van der Waals surface area (Å²) in [5.41, 5.74) is 3.10. The first-order valence-electron chi connectivity index (χ1n) is 7.36. The number of hydrogen-bond donors (Lipinski definition) is 1. The van der Waals surface area contributed by atoms with Crippen LogP contribution in [0.5, 0.6) is 0 Å². The molecule has 2 heteroatoms. The van der Waals surface area contributed by atoms with Crippen LogP contribution < -0.4 is 5.32 Å². The molecule has 0 aliphatic carbocycles. The average molecular weight is 246 g/mol. The van der Waals surface area contributed by atoms with Gasteiger partial charge in [0.15, 0.2) is 0 Å². The molecule has 0 amide bonds. The number of fused-ring (bicyclic) bond motifs is 1. The van der Waals surface area contributed by atoms with E-state index in [0.717, 1.165) is 6.54 Å². The molecule has 100 valence electrons. The molecule has 0 saturated heterocycles. The van der Waals surface area contributed by atoms with Gasteiger partial charge in [-0.1, -0.05) is 38.1 Å². The summed E-state index contributed by atoms with van der Waals surface area (Å²) in [6.45, 7) is 9.16. The van der Waals surface area contributed by atoms with Crippen molar-refractivity contribution in [2.45, 2.75) is 39.2 Å². The van der Waals surface area contributed by atoms with E-state index in [1.54, 1.807) is 11.1 Å². The van der Waals surface area contributed by atoms with Gasteiger partial charge in [-0.2, -0.15) is 0 Å². The zero-order valence-electron chi connectivity index (χ0n) is 11.8. The SMILES string of the molecule is CCNC(CC)CN1CCc2ccccc2CC1. The van der Waals surface area contributed by atoms with E-state index in [2.05, 4.69) is 48.3 Å². The molecule has 18 heavy (non-hydrogen) atoms. The lowest BCUT2D eigenvalue weighted by atomic mass is 10.0. The molecule has 0 fully saturated rings. The van der Waals surface area contributed by atoms with E-state index in [-0.39, 0.29) is 0 Å². The molecule has 1 aliphatic rings. The molecular weight excluding hydrogens is 220 g/mol. The Bertz CT molecular complexity index is 335. The summed E-state index contributed by atoms with van der Waals surface area (Å²) in [7, 11) is 0. The lowest BCUT2D eigenvalue weighted by molar-refractivity contribution is 0.250. The van der Waals surface area contributed by atoms with Crippen molar-refractivity contribution in [1.82, 2.24) is 10.2 Å². The molecule has 1 aromatic rings. The number of nitrogens with zero attached hydrogens (tertiary/aromatic N) is 1. The maximum atomic E-state index is 3.58. The molecule has 2 nitrogen and oxygen atoms in total. The van der Waals surface area contributed by atoms with Crippen molar-refractivity contribution in [3.8, 4) is 0 Å². The Morgan fingerprint density at radius 3 is 2.22 bits per heavy atom. The summed E-state index contributed by atoms with van der Waals surface area (Å²) in [6, 6.07) is 9.57. The molecule has 1 unspecified atom stereocenters. The van der Waals surface area contributed by atoms with Crippen LogP contribution >= 0.6 is 0 Å². The lowest BCUT2D eigenvalue weighted by Gasteiger charge is -2.26. The first-order valence-corrected chi connectivity index (χ1v) is 7.36. The number of hydrogen-bond acceptors (Lipinski definition) is 2. The van der Waals surface area contributed by atoms with E-state index in [4.69, 9.17) is 0 Å². The Morgan fingerprint density at radius 2 is 1.72 bits per heavy atom. The first kappa shape index (κ1) is 13.6. The second-order valence-corrected chi connectivity index (χ2v) is 5.23. The number of likely N-dealkylation sites (N-methyl/N-ethyl adjacent to an activating group) is 1. The third-order valence-corrected chi connectivity index (χ3v) is 3.98. The van der Waals surface area contributed by atoms with Crippen molar-refractivity contribution >= 4 is 0 Å². The van der Waals surface area contributed by atoms with Crippen molar-refractivity contribution in [3.05, 3.63) is 35.4 Å². The smallest absolute Gasteiger partial charge is 0.0192 e. The number of benzene rings is 1. The quantitative estimate of drug-likeness (QED) is 0.858. The molecule has 0 radical (unpaired) electrons. The highest BCUT2D eigenvalue weighted by Gasteiger charge is 2.16. The van der Waals surface area contributed by atoms with Crippen LogP contribution in [0.3, 0.4) is 0 Å². The highest BCUT2D eigenvalue weighted by Crippen LogP contribution is 2.15. The Kier molecular flexibility index (Phi) is 5.21.